The number of pyridine rings is 1. The first-order chi connectivity index (χ1) is 7.66. The lowest BCUT2D eigenvalue weighted by molar-refractivity contribution is 0.315. The first-order valence-corrected chi connectivity index (χ1v) is 7.31. The van der Waals surface area contributed by atoms with Gasteiger partial charge in [-0.2, -0.15) is 0 Å². The summed E-state index contributed by atoms with van der Waals surface area (Å²) in [6, 6.07) is 1.81. The molecule has 2 nitrogen and oxygen atoms in total. The Morgan fingerprint density at radius 3 is 2.62 bits per heavy atom. The highest BCUT2D eigenvalue weighted by Crippen LogP contribution is 2.25. The molecule has 1 aromatic rings. The predicted octanol–water partition coefficient (Wildman–Crippen LogP) is 3.95. The molecule has 1 saturated carbocycles. The van der Waals surface area contributed by atoms with Crippen molar-refractivity contribution in [1.82, 2.24) is 4.57 Å². The summed E-state index contributed by atoms with van der Waals surface area (Å²) >= 11 is 6.72. The lowest BCUT2D eigenvalue weighted by atomic mass is 9.89. The van der Waals surface area contributed by atoms with Crippen LogP contribution in [0.5, 0.6) is 0 Å². The lowest BCUT2D eigenvalue weighted by Gasteiger charge is -2.22. The summed E-state index contributed by atoms with van der Waals surface area (Å²) in [5, 5.41) is 0. The van der Waals surface area contributed by atoms with Crippen LogP contribution in [0.15, 0.2) is 26.0 Å². The average molecular weight is 349 g/mol. The molecule has 16 heavy (non-hydrogen) atoms. The molecule has 0 aliphatic heterocycles. The maximum atomic E-state index is 11.9. The van der Waals surface area contributed by atoms with E-state index in [2.05, 4.69) is 31.9 Å². The van der Waals surface area contributed by atoms with Gasteiger partial charge < -0.3 is 4.57 Å². The minimum Gasteiger partial charge on any atom is -0.313 e. The molecule has 88 valence electrons. The Morgan fingerprint density at radius 2 is 1.94 bits per heavy atom. The van der Waals surface area contributed by atoms with Gasteiger partial charge in [0, 0.05) is 17.2 Å². The van der Waals surface area contributed by atoms with Crippen molar-refractivity contribution in [2.45, 2.75) is 38.6 Å². The molecule has 4 heteroatoms. The fourth-order valence-corrected chi connectivity index (χ4v) is 3.61. The van der Waals surface area contributed by atoms with E-state index < -0.39 is 0 Å². The Morgan fingerprint density at radius 1 is 1.25 bits per heavy atom. The zero-order chi connectivity index (χ0) is 11.5. The zero-order valence-corrected chi connectivity index (χ0v) is 12.3. The third-order valence-electron chi connectivity index (χ3n) is 3.19. The maximum Gasteiger partial charge on any atom is 0.264 e. The first-order valence-electron chi connectivity index (χ1n) is 5.72. The van der Waals surface area contributed by atoms with Crippen LogP contribution in [0.25, 0.3) is 0 Å². The molecule has 0 amide bonds. The first kappa shape index (κ1) is 12.4. The van der Waals surface area contributed by atoms with E-state index in [-0.39, 0.29) is 5.56 Å². The van der Waals surface area contributed by atoms with Gasteiger partial charge in [0.25, 0.3) is 5.56 Å². The SMILES string of the molecule is O=c1c(Br)cc(Br)cn1CC1CCCCC1. The van der Waals surface area contributed by atoms with E-state index in [0.717, 1.165) is 11.0 Å². The molecule has 0 unspecified atom stereocenters. The van der Waals surface area contributed by atoms with Crippen LogP contribution >= 0.6 is 31.9 Å². The summed E-state index contributed by atoms with van der Waals surface area (Å²) in [6.45, 7) is 0.858. The molecule has 0 bridgehead atoms. The van der Waals surface area contributed by atoms with Gasteiger partial charge in [0.05, 0.1) is 4.47 Å². The topological polar surface area (TPSA) is 22.0 Å². The molecule has 0 atom stereocenters. The highest BCUT2D eigenvalue weighted by Gasteiger charge is 2.15. The molecule has 0 saturated heterocycles. The van der Waals surface area contributed by atoms with Crippen molar-refractivity contribution in [2.75, 3.05) is 0 Å². The van der Waals surface area contributed by atoms with Crippen molar-refractivity contribution in [3.8, 4) is 0 Å². The summed E-state index contributed by atoms with van der Waals surface area (Å²) < 4.78 is 3.41. The van der Waals surface area contributed by atoms with Crippen LogP contribution in [-0.2, 0) is 6.54 Å². The molecule has 2 rings (SSSR count). The predicted molar refractivity (Wildman–Crippen MR) is 72.7 cm³/mol. The third kappa shape index (κ3) is 2.98. The number of nitrogens with zero attached hydrogens (tertiary/aromatic N) is 1. The minimum absolute atomic E-state index is 0.0776. The molecule has 0 aromatic carbocycles. The highest BCUT2D eigenvalue weighted by atomic mass is 79.9. The van der Waals surface area contributed by atoms with E-state index in [0.29, 0.717) is 10.4 Å². The van der Waals surface area contributed by atoms with Crippen LogP contribution in [0.3, 0.4) is 0 Å². The summed E-state index contributed by atoms with van der Waals surface area (Å²) in [5.41, 5.74) is 0.0776. The van der Waals surface area contributed by atoms with Gasteiger partial charge in [0.1, 0.15) is 0 Å². The molecule has 0 spiro atoms. The van der Waals surface area contributed by atoms with E-state index in [1.807, 2.05) is 10.8 Å². The Balaban J connectivity index is 2.17. The molecule has 1 heterocycles. The van der Waals surface area contributed by atoms with Crippen molar-refractivity contribution < 1.29 is 0 Å². The largest absolute Gasteiger partial charge is 0.313 e. The Kier molecular flexibility index (Phi) is 4.25. The molecule has 1 aliphatic carbocycles. The third-order valence-corrected chi connectivity index (χ3v) is 4.19. The molecular weight excluding hydrogens is 334 g/mol. The fraction of sp³-hybridized carbons (Fsp3) is 0.583. The number of hydrogen-bond donors (Lipinski definition) is 0. The van der Waals surface area contributed by atoms with Crippen LogP contribution in [0, 0.1) is 5.92 Å². The van der Waals surface area contributed by atoms with Gasteiger partial charge in [-0.15, -0.1) is 0 Å². The number of rotatable bonds is 2. The van der Waals surface area contributed by atoms with E-state index in [1.165, 1.54) is 32.1 Å². The second-order valence-corrected chi connectivity index (χ2v) is 6.24. The van der Waals surface area contributed by atoms with Gasteiger partial charge >= 0.3 is 0 Å². The van der Waals surface area contributed by atoms with E-state index in [4.69, 9.17) is 0 Å². The fourth-order valence-electron chi connectivity index (χ4n) is 2.35. The Hall–Kier alpha value is -0.0900. The van der Waals surface area contributed by atoms with Crippen LogP contribution in [0.4, 0.5) is 0 Å². The summed E-state index contributed by atoms with van der Waals surface area (Å²) in [7, 11) is 0. The standard InChI is InChI=1S/C12H15Br2NO/c13-10-6-11(14)12(16)15(8-10)7-9-4-2-1-3-5-9/h6,8-9H,1-5,7H2. The minimum atomic E-state index is 0.0776. The van der Waals surface area contributed by atoms with Crippen molar-refractivity contribution in [1.29, 1.82) is 0 Å². The lowest BCUT2D eigenvalue weighted by Crippen LogP contribution is -2.25. The van der Waals surface area contributed by atoms with E-state index >= 15 is 0 Å². The van der Waals surface area contributed by atoms with Crippen LogP contribution in [0.1, 0.15) is 32.1 Å². The van der Waals surface area contributed by atoms with Crippen LogP contribution < -0.4 is 5.56 Å². The second kappa shape index (κ2) is 5.50. The van der Waals surface area contributed by atoms with Gasteiger partial charge in [-0.05, 0) is 56.7 Å². The van der Waals surface area contributed by atoms with Gasteiger partial charge in [-0.3, -0.25) is 4.79 Å². The molecule has 1 fully saturated rings. The van der Waals surface area contributed by atoms with E-state index in [1.54, 1.807) is 6.07 Å². The molecule has 0 radical (unpaired) electrons. The van der Waals surface area contributed by atoms with E-state index in [9.17, 15) is 4.79 Å². The van der Waals surface area contributed by atoms with Gasteiger partial charge in [0.2, 0.25) is 0 Å². The Bertz CT molecular complexity index is 422. The number of hydrogen-bond acceptors (Lipinski definition) is 1. The van der Waals surface area contributed by atoms with Crippen molar-refractivity contribution >= 4 is 31.9 Å². The van der Waals surface area contributed by atoms with Gasteiger partial charge in [0.15, 0.2) is 0 Å². The number of aromatic nitrogens is 1. The van der Waals surface area contributed by atoms with Crippen molar-refractivity contribution in [3.05, 3.63) is 31.6 Å². The average Bonchev–Trinajstić information content (AvgIpc) is 2.27. The normalized spacial score (nSPS) is 17.6. The molecular formula is C12H15Br2NO. The summed E-state index contributed by atoms with van der Waals surface area (Å²) in [6.07, 6.45) is 8.39. The number of halogens is 2. The van der Waals surface area contributed by atoms with Crippen molar-refractivity contribution in [3.63, 3.8) is 0 Å². The molecule has 1 aliphatic rings. The smallest absolute Gasteiger partial charge is 0.264 e. The van der Waals surface area contributed by atoms with Crippen LogP contribution in [0.2, 0.25) is 0 Å². The zero-order valence-electron chi connectivity index (χ0n) is 9.09. The quantitative estimate of drug-likeness (QED) is 0.793. The highest BCUT2D eigenvalue weighted by molar-refractivity contribution is 9.11. The van der Waals surface area contributed by atoms with Crippen LogP contribution in [-0.4, -0.2) is 4.57 Å². The molecule has 0 N–H and O–H groups in total. The monoisotopic (exact) mass is 347 g/mol. The molecule has 1 aromatic heterocycles. The van der Waals surface area contributed by atoms with Gasteiger partial charge in [-0.25, -0.2) is 0 Å². The summed E-state index contributed by atoms with van der Waals surface area (Å²) in [4.78, 5) is 11.9. The Labute approximate surface area is 112 Å². The second-order valence-electron chi connectivity index (χ2n) is 4.47. The maximum absolute atomic E-state index is 11.9. The summed E-state index contributed by atoms with van der Waals surface area (Å²) in [5.74, 6) is 0.674. The van der Waals surface area contributed by atoms with Gasteiger partial charge in [-0.1, -0.05) is 19.3 Å². The van der Waals surface area contributed by atoms with Crippen molar-refractivity contribution in [2.24, 2.45) is 5.92 Å².